The van der Waals surface area contributed by atoms with Crippen LogP contribution >= 0.6 is 11.3 Å². The van der Waals surface area contributed by atoms with Crippen LogP contribution in [0.2, 0.25) is 0 Å². The standard InChI is InChI=1S/C22H26N6OS/c1-15(2)20-24-16(3)14-19(26-20)27-9-11-28(12-10-27)22(29)25-18-6-4-17(5-7-18)21-23-8-13-30-21/h4-8,13-15H,9-12H2,1-3H3,(H,25,29). The Kier molecular flexibility index (Phi) is 5.94. The third-order valence-corrected chi connectivity index (χ3v) is 5.90. The molecule has 1 aliphatic heterocycles. The lowest BCUT2D eigenvalue weighted by molar-refractivity contribution is 0.208. The molecule has 0 aliphatic carbocycles. The molecule has 0 unspecified atom stereocenters. The van der Waals surface area contributed by atoms with Gasteiger partial charge in [-0.2, -0.15) is 0 Å². The van der Waals surface area contributed by atoms with Gasteiger partial charge in [-0.05, 0) is 31.2 Å². The number of carbonyl (C=O) groups is 1. The SMILES string of the molecule is Cc1cc(N2CCN(C(=O)Nc3ccc(-c4nccs4)cc3)CC2)nc(C(C)C)n1. The molecule has 2 aromatic heterocycles. The molecule has 1 aromatic carbocycles. The maximum absolute atomic E-state index is 12.7. The summed E-state index contributed by atoms with van der Waals surface area (Å²) < 4.78 is 0. The van der Waals surface area contributed by atoms with Crippen molar-refractivity contribution in [2.45, 2.75) is 26.7 Å². The van der Waals surface area contributed by atoms with Gasteiger partial charge in [-0.25, -0.2) is 19.7 Å². The van der Waals surface area contributed by atoms with E-state index < -0.39 is 0 Å². The van der Waals surface area contributed by atoms with Crippen LogP contribution in [0.5, 0.6) is 0 Å². The van der Waals surface area contributed by atoms with Crippen molar-refractivity contribution < 1.29 is 4.79 Å². The molecule has 30 heavy (non-hydrogen) atoms. The second kappa shape index (κ2) is 8.79. The second-order valence-electron chi connectivity index (χ2n) is 7.70. The van der Waals surface area contributed by atoms with Crippen molar-refractivity contribution in [2.24, 2.45) is 0 Å². The highest BCUT2D eigenvalue weighted by atomic mass is 32.1. The first-order chi connectivity index (χ1) is 14.5. The third-order valence-electron chi connectivity index (χ3n) is 5.08. The molecular weight excluding hydrogens is 396 g/mol. The zero-order valence-electron chi connectivity index (χ0n) is 17.5. The summed E-state index contributed by atoms with van der Waals surface area (Å²) in [5, 5.41) is 5.93. The number of benzene rings is 1. The monoisotopic (exact) mass is 422 g/mol. The fraction of sp³-hybridized carbons (Fsp3) is 0.364. The Balaban J connectivity index is 1.34. The zero-order valence-corrected chi connectivity index (χ0v) is 18.3. The first-order valence-corrected chi connectivity index (χ1v) is 11.0. The molecule has 3 heterocycles. The van der Waals surface area contributed by atoms with Crippen LogP contribution in [0.1, 0.15) is 31.3 Å². The number of aryl methyl sites for hydroxylation is 1. The van der Waals surface area contributed by atoms with Crippen molar-refractivity contribution in [3.63, 3.8) is 0 Å². The first kappa shape index (κ1) is 20.3. The predicted molar refractivity (Wildman–Crippen MR) is 121 cm³/mol. The molecular formula is C22H26N6OS. The van der Waals surface area contributed by atoms with Crippen molar-refractivity contribution in [1.82, 2.24) is 19.9 Å². The Bertz CT molecular complexity index is 995. The number of aromatic nitrogens is 3. The van der Waals surface area contributed by atoms with Gasteiger partial charge in [0, 0.05) is 66.7 Å². The molecule has 156 valence electrons. The van der Waals surface area contributed by atoms with E-state index in [0.29, 0.717) is 13.1 Å². The van der Waals surface area contributed by atoms with Gasteiger partial charge in [-0.15, -0.1) is 11.3 Å². The molecule has 7 nitrogen and oxygen atoms in total. The number of piperazine rings is 1. The van der Waals surface area contributed by atoms with E-state index in [1.807, 2.05) is 47.5 Å². The van der Waals surface area contributed by atoms with Crippen LogP contribution in [0, 0.1) is 6.92 Å². The van der Waals surface area contributed by atoms with E-state index in [1.54, 1.807) is 17.5 Å². The van der Waals surface area contributed by atoms with Gasteiger partial charge in [-0.1, -0.05) is 13.8 Å². The predicted octanol–water partition coefficient (Wildman–Crippen LogP) is 4.39. The summed E-state index contributed by atoms with van der Waals surface area (Å²) in [5.74, 6) is 2.10. The number of thiazole rings is 1. The average molecular weight is 423 g/mol. The van der Waals surface area contributed by atoms with Crippen LogP contribution in [0.4, 0.5) is 16.3 Å². The smallest absolute Gasteiger partial charge is 0.321 e. The summed E-state index contributed by atoms with van der Waals surface area (Å²) in [7, 11) is 0. The summed E-state index contributed by atoms with van der Waals surface area (Å²) in [6.07, 6.45) is 1.79. The van der Waals surface area contributed by atoms with Crippen molar-refractivity contribution in [1.29, 1.82) is 0 Å². The van der Waals surface area contributed by atoms with Gasteiger partial charge in [0.2, 0.25) is 0 Å². The number of hydrogen-bond donors (Lipinski definition) is 1. The Morgan fingerprint density at radius 3 is 2.47 bits per heavy atom. The molecule has 0 bridgehead atoms. The summed E-state index contributed by atoms with van der Waals surface area (Å²) in [5.41, 5.74) is 2.82. The largest absolute Gasteiger partial charge is 0.353 e. The van der Waals surface area contributed by atoms with Gasteiger partial charge >= 0.3 is 6.03 Å². The fourth-order valence-corrected chi connectivity index (χ4v) is 4.04. The molecule has 0 atom stereocenters. The van der Waals surface area contributed by atoms with Crippen molar-refractivity contribution in [3.8, 4) is 10.6 Å². The normalized spacial score (nSPS) is 14.3. The Hall–Kier alpha value is -3.00. The van der Waals surface area contributed by atoms with E-state index in [1.165, 1.54) is 0 Å². The maximum Gasteiger partial charge on any atom is 0.321 e. The van der Waals surface area contributed by atoms with Crippen LogP contribution < -0.4 is 10.2 Å². The molecule has 2 amide bonds. The van der Waals surface area contributed by atoms with E-state index in [4.69, 9.17) is 4.98 Å². The number of anilines is 2. The summed E-state index contributed by atoms with van der Waals surface area (Å²) >= 11 is 1.60. The fourth-order valence-electron chi connectivity index (χ4n) is 3.40. The lowest BCUT2D eigenvalue weighted by Gasteiger charge is -2.35. The lowest BCUT2D eigenvalue weighted by Crippen LogP contribution is -2.50. The van der Waals surface area contributed by atoms with Crippen LogP contribution in [0.25, 0.3) is 10.6 Å². The van der Waals surface area contributed by atoms with Gasteiger partial charge in [0.1, 0.15) is 16.6 Å². The van der Waals surface area contributed by atoms with E-state index in [9.17, 15) is 4.79 Å². The van der Waals surface area contributed by atoms with Crippen molar-refractivity contribution in [2.75, 3.05) is 36.4 Å². The minimum absolute atomic E-state index is 0.0709. The highest BCUT2D eigenvalue weighted by molar-refractivity contribution is 7.13. The Labute approximate surface area is 180 Å². The number of nitrogens with zero attached hydrogens (tertiary/aromatic N) is 5. The van der Waals surface area contributed by atoms with Gasteiger partial charge in [0.15, 0.2) is 0 Å². The summed E-state index contributed by atoms with van der Waals surface area (Å²) in [4.78, 5) is 30.3. The van der Waals surface area contributed by atoms with Crippen LogP contribution in [-0.2, 0) is 0 Å². The van der Waals surface area contributed by atoms with E-state index >= 15 is 0 Å². The minimum Gasteiger partial charge on any atom is -0.353 e. The molecule has 0 radical (unpaired) electrons. The molecule has 1 fully saturated rings. The number of nitrogens with one attached hydrogen (secondary N) is 1. The second-order valence-corrected chi connectivity index (χ2v) is 8.59. The van der Waals surface area contributed by atoms with Crippen molar-refractivity contribution >= 4 is 28.9 Å². The summed E-state index contributed by atoms with van der Waals surface area (Å²) in [6, 6.07) is 9.75. The number of rotatable bonds is 4. The molecule has 4 rings (SSSR count). The zero-order chi connectivity index (χ0) is 21.1. The minimum atomic E-state index is -0.0709. The van der Waals surface area contributed by atoms with Gasteiger partial charge < -0.3 is 15.1 Å². The number of carbonyl (C=O) groups excluding carboxylic acids is 1. The van der Waals surface area contributed by atoms with Crippen LogP contribution in [0.3, 0.4) is 0 Å². The molecule has 1 saturated heterocycles. The van der Waals surface area contributed by atoms with Gasteiger partial charge in [0.05, 0.1) is 0 Å². The highest BCUT2D eigenvalue weighted by Crippen LogP contribution is 2.24. The van der Waals surface area contributed by atoms with Crippen LogP contribution in [-0.4, -0.2) is 52.1 Å². The summed E-state index contributed by atoms with van der Waals surface area (Å²) in [6.45, 7) is 9.02. The quantitative estimate of drug-likeness (QED) is 0.675. The molecule has 1 N–H and O–H groups in total. The first-order valence-electron chi connectivity index (χ1n) is 10.2. The van der Waals surface area contributed by atoms with E-state index in [0.717, 1.165) is 46.7 Å². The maximum atomic E-state index is 12.7. The third kappa shape index (κ3) is 4.59. The Morgan fingerprint density at radius 1 is 1.10 bits per heavy atom. The van der Waals surface area contributed by atoms with E-state index in [-0.39, 0.29) is 11.9 Å². The number of hydrogen-bond acceptors (Lipinski definition) is 6. The van der Waals surface area contributed by atoms with Crippen molar-refractivity contribution in [3.05, 3.63) is 53.4 Å². The Morgan fingerprint density at radius 2 is 1.83 bits per heavy atom. The molecule has 0 saturated carbocycles. The van der Waals surface area contributed by atoms with E-state index in [2.05, 4.69) is 34.0 Å². The highest BCUT2D eigenvalue weighted by Gasteiger charge is 2.23. The topological polar surface area (TPSA) is 74.2 Å². The van der Waals surface area contributed by atoms with Gasteiger partial charge in [-0.3, -0.25) is 0 Å². The molecule has 0 spiro atoms. The molecule has 3 aromatic rings. The molecule has 8 heteroatoms. The number of urea groups is 1. The van der Waals surface area contributed by atoms with Gasteiger partial charge in [0.25, 0.3) is 0 Å². The number of amides is 2. The average Bonchev–Trinajstić information content (AvgIpc) is 3.29. The van der Waals surface area contributed by atoms with Crippen LogP contribution in [0.15, 0.2) is 41.9 Å². The molecule has 1 aliphatic rings. The lowest BCUT2D eigenvalue weighted by atomic mass is 10.2.